The van der Waals surface area contributed by atoms with Crippen molar-refractivity contribution in [1.82, 2.24) is 15.1 Å². The number of benzene rings is 1. The van der Waals surface area contributed by atoms with Gasteiger partial charge in [-0.15, -0.1) is 0 Å². The Morgan fingerprint density at radius 1 is 1.42 bits per heavy atom. The van der Waals surface area contributed by atoms with Crippen molar-refractivity contribution in [3.8, 4) is 0 Å². The molecule has 1 N–H and O–H groups in total. The lowest BCUT2D eigenvalue weighted by molar-refractivity contribution is 0.586. The number of nitrogens with zero attached hydrogens (tertiary/aromatic N) is 2. The summed E-state index contributed by atoms with van der Waals surface area (Å²) in [5.74, 6) is 0. The van der Waals surface area contributed by atoms with E-state index in [1.54, 1.807) is 0 Å². The highest BCUT2D eigenvalue weighted by Gasteiger charge is 2.16. The lowest BCUT2D eigenvalue weighted by Gasteiger charge is -2.16. The summed E-state index contributed by atoms with van der Waals surface area (Å²) in [4.78, 5) is 0. The Balaban J connectivity index is 2.24. The first-order valence-corrected chi connectivity index (χ1v) is 7.37. The molecule has 0 aliphatic heterocycles. The molecule has 2 rings (SSSR count). The molecule has 0 spiro atoms. The van der Waals surface area contributed by atoms with Crippen molar-refractivity contribution in [3.05, 3.63) is 51.8 Å². The van der Waals surface area contributed by atoms with Gasteiger partial charge in [-0.25, -0.2) is 0 Å². The van der Waals surface area contributed by atoms with E-state index in [4.69, 9.17) is 0 Å². The zero-order valence-electron chi connectivity index (χ0n) is 11.7. The number of hydrogen-bond donors (Lipinski definition) is 1. The number of hydrogen-bond acceptors (Lipinski definition) is 2. The Labute approximate surface area is 123 Å². The highest BCUT2D eigenvalue weighted by atomic mass is 79.9. The van der Waals surface area contributed by atoms with E-state index in [1.165, 1.54) is 16.8 Å². The molecule has 0 amide bonds. The van der Waals surface area contributed by atoms with Crippen LogP contribution in [0.4, 0.5) is 0 Å². The first-order chi connectivity index (χ1) is 9.13. The average molecular weight is 322 g/mol. The number of aromatic nitrogens is 2. The molecule has 2 aromatic rings. The fraction of sp³-hybridized carbons (Fsp3) is 0.400. The Morgan fingerprint density at radius 2 is 2.21 bits per heavy atom. The van der Waals surface area contributed by atoms with Gasteiger partial charge in [-0.2, -0.15) is 5.10 Å². The van der Waals surface area contributed by atoms with Crippen molar-refractivity contribution in [1.29, 1.82) is 0 Å². The maximum Gasteiger partial charge on any atom is 0.0669 e. The molecule has 0 saturated carbocycles. The van der Waals surface area contributed by atoms with E-state index in [0.717, 1.165) is 17.3 Å². The van der Waals surface area contributed by atoms with Crippen LogP contribution in [-0.2, 0) is 19.9 Å². The second-order valence-electron chi connectivity index (χ2n) is 4.73. The third kappa shape index (κ3) is 3.45. The summed E-state index contributed by atoms with van der Waals surface area (Å²) >= 11 is 3.53. The molecule has 19 heavy (non-hydrogen) atoms. The summed E-state index contributed by atoms with van der Waals surface area (Å²) in [7, 11) is 3.99. The van der Waals surface area contributed by atoms with E-state index in [-0.39, 0.29) is 0 Å². The standard InChI is InChI=1S/C15H20BrN3/c1-4-14-13(10-19(3)18-14)15(17-2)9-11-6-5-7-12(16)8-11/h5-8,10,15,17H,4,9H2,1-3H3. The summed E-state index contributed by atoms with van der Waals surface area (Å²) < 4.78 is 3.03. The van der Waals surface area contributed by atoms with Crippen molar-refractivity contribution in [3.63, 3.8) is 0 Å². The van der Waals surface area contributed by atoms with Gasteiger partial charge in [0.2, 0.25) is 0 Å². The molecule has 1 unspecified atom stereocenters. The number of halogens is 1. The third-order valence-electron chi connectivity index (χ3n) is 3.33. The number of nitrogens with one attached hydrogen (secondary N) is 1. The van der Waals surface area contributed by atoms with Crippen LogP contribution in [0.15, 0.2) is 34.9 Å². The Kier molecular flexibility index (Phi) is 4.77. The molecule has 0 fully saturated rings. The molecular weight excluding hydrogens is 302 g/mol. The van der Waals surface area contributed by atoms with E-state index < -0.39 is 0 Å². The topological polar surface area (TPSA) is 29.9 Å². The van der Waals surface area contributed by atoms with E-state index in [9.17, 15) is 0 Å². The van der Waals surface area contributed by atoms with Gasteiger partial charge < -0.3 is 5.32 Å². The van der Waals surface area contributed by atoms with Crippen LogP contribution in [0.1, 0.15) is 29.8 Å². The Bertz CT molecular complexity index is 548. The first kappa shape index (κ1) is 14.3. The lowest BCUT2D eigenvalue weighted by atomic mass is 9.99. The molecule has 0 bridgehead atoms. The second kappa shape index (κ2) is 6.35. The van der Waals surface area contributed by atoms with Crippen molar-refractivity contribution in [2.75, 3.05) is 7.05 Å². The Morgan fingerprint density at radius 3 is 2.84 bits per heavy atom. The zero-order chi connectivity index (χ0) is 13.8. The van der Waals surface area contributed by atoms with E-state index >= 15 is 0 Å². The van der Waals surface area contributed by atoms with Crippen molar-refractivity contribution in [2.24, 2.45) is 7.05 Å². The lowest BCUT2D eigenvalue weighted by Crippen LogP contribution is -2.19. The summed E-state index contributed by atoms with van der Waals surface area (Å²) in [5, 5.41) is 7.93. The van der Waals surface area contributed by atoms with Gasteiger partial charge in [0.25, 0.3) is 0 Å². The van der Waals surface area contributed by atoms with Crippen molar-refractivity contribution >= 4 is 15.9 Å². The number of likely N-dealkylation sites (N-methyl/N-ethyl adjacent to an activating group) is 1. The summed E-state index contributed by atoms with van der Waals surface area (Å²) in [5.41, 5.74) is 3.80. The van der Waals surface area contributed by atoms with Crippen molar-refractivity contribution < 1.29 is 0 Å². The predicted molar refractivity (Wildman–Crippen MR) is 82.2 cm³/mol. The van der Waals surface area contributed by atoms with Crippen LogP contribution in [0, 0.1) is 0 Å². The fourth-order valence-corrected chi connectivity index (χ4v) is 2.83. The minimum absolute atomic E-state index is 0.304. The molecule has 0 radical (unpaired) electrons. The first-order valence-electron chi connectivity index (χ1n) is 6.58. The highest BCUT2D eigenvalue weighted by Crippen LogP contribution is 2.23. The van der Waals surface area contributed by atoms with Gasteiger partial charge in [0.05, 0.1) is 5.69 Å². The van der Waals surface area contributed by atoms with Crippen LogP contribution in [0.3, 0.4) is 0 Å². The quantitative estimate of drug-likeness (QED) is 0.916. The van der Waals surface area contributed by atoms with Gasteiger partial charge in [-0.1, -0.05) is 35.0 Å². The van der Waals surface area contributed by atoms with Gasteiger partial charge in [0, 0.05) is 29.3 Å². The summed E-state index contributed by atoms with van der Waals surface area (Å²) in [6.07, 6.45) is 4.06. The average Bonchev–Trinajstić information content (AvgIpc) is 2.77. The molecule has 0 aliphatic carbocycles. The third-order valence-corrected chi connectivity index (χ3v) is 3.82. The SMILES string of the molecule is CCc1nn(C)cc1C(Cc1cccc(Br)c1)NC. The monoisotopic (exact) mass is 321 g/mol. The second-order valence-corrected chi connectivity index (χ2v) is 5.65. The van der Waals surface area contributed by atoms with Gasteiger partial charge >= 0.3 is 0 Å². The van der Waals surface area contributed by atoms with Gasteiger partial charge in [0.15, 0.2) is 0 Å². The molecule has 0 saturated heterocycles. The number of aryl methyl sites for hydroxylation is 2. The smallest absolute Gasteiger partial charge is 0.0669 e. The van der Waals surface area contributed by atoms with Gasteiger partial charge in [-0.3, -0.25) is 4.68 Å². The molecule has 1 atom stereocenters. The molecular formula is C15H20BrN3. The van der Waals surface area contributed by atoms with Crippen LogP contribution in [0.25, 0.3) is 0 Å². The largest absolute Gasteiger partial charge is 0.313 e. The van der Waals surface area contributed by atoms with Crippen LogP contribution < -0.4 is 5.32 Å². The fourth-order valence-electron chi connectivity index (χ4n) is 2.39. The summed E-state index contributed by atoms with van der Waals surface area (Å²) in [6.45, 7) is 2.15. The normalized spacial score (nSPS) is 12.6. The van der Waals surface area contributed by atoms with E-state index in [2.05, 4.69) is 63.7 Å². The highest BCUT2D eigenvalue weighted by molar-refractivity contribution is 9.10. The predicted octanol–water partition coefficient (Wildman–Crippen LogP) is 3.25. The van der Waals surface area contributed by atoms with Crippen LogP contribution in [0.5, 0.6) is 0 Å². The van der Waals surface area contributed by atoms with E-state index in [0.29, 0.717) is 6.04 Å². The molecule has 4 heteroatoms. The molecule has 3 nitrogen and oxygen atoms in total. The van der Waals surface area contributed by atoms with Gasteiger partial charge in [-0.05, 0) is 37.6 Å². The Hall–Kier alpha value is -1.13. The van der Waals surface area contributed by atoms with Crippen LogP contribution in [-0.4, -0.2) is 16.8 Å². The maximum atomic E-state index is 4.52. The molecule has 102 valence electrons. The maximum absolute atomic E-state index is 4.52. The molecule has 1 heterocycles. The van der Waals surface area contributed by atoms with E-state index in [1.807, 2.05) is 18.8 Å². The molecule has 0 aliphatic rings. The minimum atomic E-state index is 0.304. The van der Waals surface area contributed by atoms with Crippen LogP contribution >= 0.6 is 15.9 Å². The molecule has 1 aromatic heterocycles. The van der Waals surface area contributed by atoms with Crippen LogP contribution in [0.2, 0.25) is 0 Å². The van der Waals surface area contributed by atoms with Crippen molar-refractivity contribution in [2.45, 2.75) is 25.8 Å². The number of rotatable bonds is 5. The minimum Gasteiger partial charge on any atom is -0.313 e. The molecule has 1 aromatic carbocycles. The summed E-state index contributed by atoms with van der Waals surface area (Å²) in [6, 6.07) is 8.77. The zero-order valence-corrected chi connectivity index (χ0v) is 13.2. The van der Waals surface area contributed by atoms with Gasteiger partial charge in [0.1, 0.15) is 0 Å².